The predicted octanol–water partition coefficient (Wildman–Crippen LogP) is 1.33. The average molecular weight is 435 g/mol. The first kappa shape index (κ1) is 22.4. The first-order chi connectivity index (χ1) is 14.8. The molecule has 1 unspecified atom stereocenters. The molecule has 3 heterocycles. The number of rotatable bonds is 4. The number of likely N-dealkylation sites (N-methyl/N-ethyl adjacent to an activating group) is 1. The number of nitrogens with one attached hydrogen (secondary N) is 1. The minimum absolute atomic E-state index is 0.0603. The highest BCUT2D eigenvalue weighted by atomic mass is 19.1. The molecule has 0 bridgehead atoms. The summed E-state index contributed by atoms with van der Waals surface area (Å²) in [6, 6.07) is 2.86. The maximum atomic E-state index is 13.8. The second kappa shape index (κ2) is 8.84. The van der Waals surface area contributed by atoms with Gasteiger partial charge < -0.3 is 25.0 Å². The van der Waals surface area contributed by atoms with Crippen LogP contribution >= 0.6 is 0 Å². The zero-order valence-corrected chi connectivity index (χ0v) is 17.1. The fraction of sp³-hybridized carbons (Fsp3) is 0.381. The minimum atomic E-state index is -0.921. The van der Waals surface area contributed by atoms with Gasteiger partial charge in [-0.25, -0.2) is 8.78 Å². The van der Waals surface area contributed by atoms with E-state index in [1.165, 1.54) is 6.07 Å². The van der Waals surface area contributed by atoms with Crippen molar-refractivity contribution in [2.24, 2.45) is 0 Å². The summed E-state index contributed by atoms with van der Waals surface area (Å²) in [7, 11) is 1.00. The van der Waals surface area contributed by atoms with E-state index in [9.17, 15) is 28.3 Å². The van der Waals surface area contributed by atoms with E-state index >= 15 is 0 Å². The number of amides is 2. The molecule has 10 heteroatoms. The number of aliphatic hydroxyl groups is 1. The number of hydrogen-bond acceptors (Lipinski definition) is 5. The summed E-state index contributed by atoms with van der Waals surface area (Å²) in [5, 5.41) is 19.9. The van der Waals surface area contributed by atoms with Crippen molar-refractivity contribution in [3.63, 3.8) is 0 Å². The third-order valence-corrected chi connectivity index (χ3v) is 5.55. The molecular weight excluding hydrogens is 412 g/mol. The van der Waals surface area contributed by atoms with Crippen molar-refractivity contribution in [2.75, 3.05) is 20.2 Å². The molecule has 0 saturated carbocycles. The average Bonchev–Trinajstić information content (AvgIpc) is 3.16. The number of benzene rings is 1. The van der Waals surface area contributed by atoms with Crippen LogP contribution in [0.3, 0.4) is 0 Å². The Kier molecular flexibility index (Phi) is 6.40. The lowest BCUT2D eigenvalue weighted by molar-refractivity contribution is 0.0676. The lowest BCUT2D eigenvalue weighted by Crippen LogP contribution is -2.44. The predicted molar refractivity (Wildman–Crippen MR) is 107 cm³/mol. The maximum Gasteiger partial charge on any atom is 0.274 e. The van der Waals surface area contributed by atoms with Crippen LogP contribution in [0.15, 0.2) is 23.0 Å². The van der Waals surface area contributed by atoms with Gasteiger partial charge in [-0.05, 0) is 25.8 Å². The van der Waals surface area contributed by atoms with Crippen LogP contribution in [-0.4, -0.2) is 51.7 Å². The number of aliphatic hydroxyl groups excluding tert-OH is 1. The topological polar surface area (TPSA) is 112 Å². The number of nitrogens with zero attached hydrogens (tertiary/aromatic N) is 2. The second-order valence-corrected chi connectivity index (χ2v) is 7.17. The SMILES string of the molecule is CCN1CC2CCc3c(C(=O)NCc4ccc(F)cc4F)c(=O)c(O)c(n32)C1=O.CO. The molecular formula is C21H23F2N3O5. The van der Waals surface area contributed by atoms with Crippen LogP contribution in [0, 0.1) is 11.6 Å². The minimum Gasteiger partial charge on any atom is -0.503 e. The molecule has 1 aromatic carbocycles. The summed E-state index contributed by atoms with van der Waals surface area (Å²) in [5.41, 5.74) is -0.787. The van der Waals surface area contributed by atoms with E-state index in [4.69, 9.17) is 5.11 Å². The number of hydrogen-bond donors (Lipinski definition) is 3. The Morgan fingerprint density at radius 2 is 1.97 bits per heavy atom. The summed E-state index contributed by atoms with van der Waals surface area (Å²) in [6.07, 6.45) is 1.04. The zero-order valence-electron chi connectivity index (χ0n) is 17.1. The van der Waals surface area contributed by atoms with E-state index in [0.29, 0.717) is 37.7 Å². The molecule has 0 aliphatic carbocycles. The number of aromatic nitrogens is 1. The van der Waals surface area contributed by atoms with E-state index in [-0.39, 0.29) is 29.4 Å². The normalized spacial score (nSPS) is 16.5. The van der Waals surface area contributed by atoms with Crippen molar-refractivity contribution in [3.8, 4) is 5.75 Å². The Morgan fingerprint density at radius 1 is 1.26 bits per heavy atom. The molecule has 8 nitrogen and oxygen atoms in total. The molecule has 1 aromatic heterocycles. The number of halogens is 2. The molecule has 166 valence electrons. The molecule has 2 aromatic rings. The van der Waals surface area contributed by atoms with Gasteiger partial charge in [0.25, 0.3) is 11.8 Å². The van der Waals surface area contributed by atoms with Gasteiger partial charge in [0.05, 0.1) is 6.04 Å². The highest BCUT2D eigenvalue weighted by molar-refractivity contribution is 6.00. The molecule has 0 spiro atoms. The molecule has 2 amide bonds. The third-order valence-electron chi connectivity index (χ3n) is 5.55. The third kappa shape index (κ3) is 3.78. The smallest absolute Gasteiger partial charge is 0.274 e. The quantitative estimate of drug-likeness (QED) is 0.671. The molecule has 2 aliphatic heterocycles. The van der Waals surface area contributed by atoms with Crippen LogP contribution in [0.2, 0.25) is 0 Å². The number of carbonyl (C=O) groups excluding carboxylic acids is 2. The number of carbonyl (C=O) groups is 2. The van der Waals surface area contributed by atoms with Gasteiger partial charge in [-0.2, -0.15) is 0 Å². The fourth-order valence-electron chi connectivity index (χ4n) is 4.11. The Balaban J connectivity index is 0.00000132. The van der Waals surface area contributed by atoms with Crippen molar-refractivity contribution in [1.82, 2.24) is 14.8 Å². The summed E-state index contributed by atoms with van der Waals surface area (Å²) in [5.74, 6) is -3.51. The molecule has 1 atom stereocenters. The Morgan fingerprint density at radius 3 is 2.61 bits per heavy atom. The van der Waals surface area contributed by atoms with E-state index in [1.807, 2.05) is 6.92 Å². The van der Waals surface area contributed by atoms with Crippen molar-refractivity contribution in [1.29, 1.82) is 0 Å². The highest BCUT2D eigenvalue weighted by Crippen LogP contribution is 2.36. The molecule has 0 saturated heterocycles. The highest BCUT2D eigenvalue weighted by Gasteiger charge is 2.40. The van der Waals surface area contributed by atoms with E-state index in [1.54, 1.807) is 9.47 Å². The largest absolute Gasteiger partial charge is 0.503 e. The van der Waals surface area contributed by atoms with Crippen molar-refractivity contribution in [3.05, 3.63) is 62.6 Å². The monoisotopic (exact) mass is 435 g/mol. The molecule has 2 aliphatic rings. The van der Waals surface area contributed by atoms with Crippen molar-refractivity contribution in [2.45, 2.75) is 32.4 Å². The van der Waals surface area contributed by atoms with Crippen molar-refractivity contribution >= 4 is 11.8 Å². The van der Waals surface area contributed by atoms with Gasteiger partial charge in [0.1, 0.15) is 17.2 Å². The second-order valence-electron chi connectivity index (χ2n) is 7.17. The lowest BCUT2D eigenvalue weighted by atomic mass is 10.1. The number of pyridine rings is 1. The Labute approximate surface area is 176 Å². The lowest BCUT2D eigenvalue weighted by Gasteiger charge is -2.34. The fourth-order valence-corrected chi connectivity index (χ4v) is 4.11. The molecule has 31 heavy (non-hydrogen) atoms. The first-order valence-corrected chi connectivity index (χ1v) is 9.79. The summed E-state index contributed by atoms with van der Waals surface area (Å²) >= 11 is 0. The standard InChI is InChI=1S/C20H19F2N3O4.CH4O/c1-2-24-9-12-5-6-14-15(17(26)18(27)16(20(24)29)25(12)14)19(28)23-8-10-3-4-11(21)7-13(10)22;1-2/h3-4,7,12,27H,2,5-6,8-9H2,1H3,(H,23,28);2H,1H3. The van der Waals surface area contributed by atoms with Crippen molar-refractivity contribution < 1.29 is 28.6 Å². The van der Waals surface area contributed by atoms with E-state index < -0.39 is 34.6 Å². The van der Waals surface area contributed by atoms with Gasteiger partial charge >= 0.3 is 0 Å². The maximum absolute atomic E-state index is 13.8. The molecule has 0 radical (unpaired) electrons. The van der Waals surface area contributed by atoms with Crippen LogP contribution < -0.4 is 10.7 Å². The summed E-state index contributed by atoms with van der Waals surface area (Å²) in [4.78, 5) is 39.7. The number of aromatic hydroxyl groups is 1. The van der Waals surface area contributed by atoms with Crippen LogP contribution in [0.5, 0.6) is 5.75 Å². The van der Waals surface area contributed by atoms with E-state index in [0.717, 1.165) is 13.2 Å². The molecule has 0 fully saturated rings. The van der Waals surface area contributed by atoms with Gasteiger partial charge in [-0.15, -0.1) is 0 Å². The summed E-state index contributed by atoms with van der Waals surface area (Å²) in [6.45, 7) is 2.45. The zero-order chi connectivity index (χ0) is 22.9. The van der Waals surface area contributed by atoms with Crippen LogP contribution in [0.4, 0.5) is 8.78 Å². The van der Waals surface area contributed by atoms with Gasteiger partial charge in [0, 0.05) is 44.1 Å². The van der Waals surface area contributed by atoms with Crippen LogP contribution in [0.25, 0.3) is 0 Å². The van der Waals surface area contributed by atoms with Crippen LogP contribution in [0.1, 0.15) is 51.5 Å². The molecule has 3 N–H and O–H groups in total. The Hall–Kier alpha value is -3.27. The first-order valence-electron chi connectivity index (χ1n) is 9.79. The van der Waals surface area contributed by atoms with Gasteiger partial charge in [0.2, 0.25) is 5.43 Å². The van der Waals surface area contributed by atoms with E-state index in [2.05, 4.69) is 5.32 Å². The van der Waals surface area contributed by atoms with Gasteiger partial charge in [0.15, 0.2) is 11.4 Å². The Bertz CT molecular complexity index is 1100. The summed E-state index contributed by atoms with van der Waals surface area (Å²) < 4.78 is 28.4. The van der Waals surface area contributed by atoms with Crippen LogP contribution in [-0.2, 0) is 13.0 Å². The van der Waals surface area contributed by atoms with Gasteiger partial charge in [-0.3, -0.25) is 14.4 Å². The molecule has 4 rings (SSSR count). The van der Waals surface area contributed by atoms with Gasteiger partial charge in [-0.1, -0.05) is 6.07 Å².